The van der Waals surface area contributed by atoms with E-state index in [1.54, 1.807) is 14.2 Å². The number of benzene rings is 3. The highest BCUT2D eigenvalue weighted by atomic mass is 16.5. The van der Waals surface area contributed by atoms with Crippen LogP contribution in [0.4, 0.5) is 0 Å². The summed E-state index contributed by atoms with van der Waals surface area (Å²) in [6.45, 7) is 6.73. The Labute approximate surface area is 231 Å². The summed E-state index contributed by atoms with van der Waals surface area (Å²) < 4.78 is 11.3. The maximum atomic E-state index is 10.7. The highest BCUT2D eigenvalue weighted by Gasteiger charge is 2.32. The summed E-state index contributed by atoms with van der Waals surface area (Å²) in [6.07, 6.45) is 4.52. The average Bonchev–Trinajstić information content (AvgIpc) is 2.96. The van der Waals surface area contributed by atoms with Gasteiger partial charge < -0.3 is 19.8 Å². The van der Waals surface area contributed by atoms with Crippen molar-refractivity contribution in [2.45, 2.75) is 38.8 Å². The molecular formula is C32H39N3O4. The highest BCUT2D eigenvalue weighted by Crippen LogP contribution is 2.41. The number of likely N-dealkylation sites (tertiary alicyclic amines) is 1. The van der Waals surface area contributed by atoms with Crippen molar-refractivity contribution in [3.05, 3.63) is 88.0 Å². The first-order chi connectivity index (χ1) is 19.0. The Morgan fingerprint density at radius 3 is 2.38 bits per heavy atom. The van der Waals surface area contributed by atoms with Crippen molar-refractivity contribution >= 4 is 6.21 Å². The lowest BCUT2D eigenvalue weighted by atomic mass is 9.86. The number of rotatable bonds is 8. The van der Waals surface area contributed by atoms with Crippen molar-refractivity contribution in [2.75, 3.05) is 40.4 Å². The first-order valence-electron chi connectivity index (χ1n) is 13.8. The summed E-state index contributed by atoms with van der Waals surface area (Å²) in [6, 6.07) is 19.1. The van der Waals surface area contributed by atoms with Crippen LogP contribution in [0.15, 0.2) is 59.8 Å². The van der Waals surface area contributed by atoms with Crippen LogP contribution in [0.2, 0.25) is 0 Å². The molecule has 0 saturated carbocycles. The van der Waals surface area contributed by atoms with Crippen LogP contribution in [0.1, 0.15) is 52.3 Å². The lowest BCUT2D eigenvalue weighted by molar-refractivity contribution is 0.119. The van der Waals surface area contributed by atoms with Gasteiger partial charge in [0, 0.05) is 30.8 Å². The Hall–Kier alpha value is -3.55. The standard InChI is InChI=1S/C32H39N3O4/c1-22-15-26(19-33-37)32(36)27(16-22)21-34-12-9-23(10-13-34)20-35-14-11-25-17-29(38-2)30(39-3)18-28(25)31(35)24-7-5-4-6-8-24/h4-8,15-19,23,31,36-37H,9-14,20-21H2,1-3H3/b33-19+. The first kappa shape index (κ1) is 27.0. The monoisotopic (exact) mass is 529 g/mol. The zero-order valence-corrected chi connectivity index (χ0v) is 23.1. The van der Waals surface area contributed by atoms with Gasteiger partial charge in [0.25, 0.3) is 0 Å². The summed E-state index contributed by atoms with van der Waals surface area (Å²) in [5.41, 5.74) is 6.41. The third-order valence-corrected chi connectivity index (χ3v) is 8.24. The minimum absolute atomic E-state index is 0.184. The van der Waals surface area contributed by atoms with Crippen LogP contribution in [0, 0.1) is 12.8 Å². The number of aromatic hydroxyl groups is 1. The molecule has 2 N–H and O–H groups in total. The molecular weight excluding hydrogens is 490 g/mol. The molecule has 1 atom stereocenters. The van der Waals surface area contributed by atoms with Crippen molar-refractivity contribution in [3.8, 4) is 17.2 Å². The molecule has 0 amide bonds. The molecule has 3 aromatic carbocycles. The molecule has 0 radical (unpaired) electrons. The van der Waals surface area contributed by atoms with Crippen LogP contribution in [0.3, 0.4) is 0 Å². The molecule has 0 aliphatic carbocycles. The van der Waals surface area contributed by atoms with Crippen molar-refractivity contribution in [2.24, 2.45) is 11.1 Å². The Morgan fingerprint density at radius 2 is 1.69 bits per heavy atom. The molecule has 0 bridgehead atoms. The van der Waals surface area contributed by atoms with E-state index in [2.05, 4.69) is 57.4 Å². The Balaban J connectivity index is 1.30. The number of methoxy groups -OCH3 is 2. The van der Waals surface area contributed by atoms with Crippen LogP contribution in [-0.2, 0) is 13.0 Å². The van der Waals surface area contributed by atoms with Gasteiger partial charge in [-0.15, -0.1) is 0 Å². The van der Waals surface area contributed by atoms with Crippen LogP contribution in [-0.4, -0.2) is 66.7 Å². The fourth-order valence-corrected chi connectivity index (χ4v) is 6.28. The van der Waals surface area contributed by atoms with Gasteiger partial charge in [-0.3, -0.25) is 9.80 Å². The minimum Gasteiger partial charge on any atom is -0.507 e. The molecule has 7 heteroatoms. The zero-order chi connectivity index (χ0) is 27.4. The van der Waals surface area contributed by atoms with E-state index in [0.717, 1.165) is 68.1 Å². The summed E-state index contributed by atoms with van der Waals surface area (Å²) in [5.74, 6) is 2.38. The van der Waals surface area contributed by atoms with Crippen LogP contribution in [0.25, 0.3) is 0 Å². The molecule has 7 nitrogen and oxygen atoms in total. The average molecular weight is 530 g/mol. The molecule has 0 aromatic heterocycles. The maximum absolute atomic E-state index is 10.7. The molecule has 2 aliphatic heterocycles. The highest BCUT2D eigenvalue weighted by molar-refractivity contribution is 5.84. The third kappa shape index (κ3) is 5.89. The SMILES string of the molecule is COc1cc2c(cc1OC)C(c1ccccc1)N(CC1CCN(Cc3cc(C)cc(/C=N/O)c3O)CC1)CC2. The number of ether oxygens (including phenoxy) is 2. The predicted molar refractivity (Wildman–Crippen MR) is 153 cm³/mol. The quantitative estimate of drug-likeness (QED) is 0.232. The maximum Gasteiger partial charge on any atom is 0.161 e. The number of phenolic OH excluding ortho intramolecular Hbond substituents is 1. The van der Waals surface area contributed by atoms with E-state index in [1.165, 1.54) is 22.9 Å². The number of fused-ring (bicyclic) bond motifs is 1. The fourth-order valence-electron chi connectivity index (χ4n) is 6.28. The summed E-state index contributed by atoms with van der Waals surface area (Å²) in [5, 5.41) is 22.7. The first-order valence-corrected chi connectivity index (χ1v) is 13.8. The lowest BCUT2D eigenvalue weighted by Crippen LogP contribution is -2.42. The van der Waals surface area contributed by atoms with E-state index in [4.69, 9.17) is 14.7 Å². The Morgan fingerprint density at radius 1 is 0.974 bits per heavy atom. The molecule has 5 rings (SSSR count). The van der Waals surface area contributed by atoms with Gasteiger partial charge in [-0.25, -0.2) is 0 Å². The number of oxime groups is 1. The van der Waals surface area contributed by atoms with E-state index in [9.17, 15) is 5.11 Å². The van der Waals surface area contributed by atoms with Crippen LogP contribution in [0.5, 0.6) is 17.2 Å². The lowest BCUT2D eigenvalue weighted by Gasteiger charge is -2.41. The fraction of sp³-hybridized carbons (Fsp3) is 0.406. The number of phenols is 1. The Bertz CT molecular complexity index is 1300. The van der Waals surface area contributed by atoms with Gasteiger partial charge in [0.1, 0.15) is 5.75 Å². The molecule has 3 aromatic rings. The van der Waals surface area contributed by atoms with Crippen molar-refractivity contribution in [1.82, 2.24) is 9.80 Å². The molecule has 39 heavy (non-hydrogen) atoms. The second-order valence-corrected chi connectivity index (χ2v) is 10.8. The van der Waals surface area contributed by atoms with E-state index >= 15 is 0 Å². The van der Waals surface area contributed by atoms with Crippen LogP contribution >= 0.6 is 0 Å². The van der Waals surface area contributed by atoms with Gasteiger partial charge in [-0.05, 0) is 85.6 Å². The predicted octanol–water partition coefficient (Wildman–Crippen LogP) is 5.39. The van der Waals surface area contributed by atoms with E-state index in [-0.39, 0.29) is 11.8 Å². The van der Waals surface area contributed by atoms with E-state index in [0.29, 0.717) is 18.0 Å². The second-order valence-electron chi connectivity index (χ2n) is 10.8. The minimum atomic E-state index is 0.184. The molecule has 0 spiro atoms. The van der Waals surface area contributed by atoms with Crippen molar-refractivity contribution in [3.63, 3.8) is 0 Å². The van der Waals surface area contributed by atoms with E-state index in [1.807, 2.05) is 19.1 Å². The number of aryl methyl sites for hydroxylation is 1. The molecule has 206 valence electrons. The summed E-state index contributed by atoms with van der Waals surface area (Å²) in [7, 11) is 3.40. The number of hydrogen-bond donors (Lipinski definition) is 2. The zero-order valence-electron chi connectivity index (χ0n) is 23.1. The van der Waals surface area contributed by atoms with Crippen molar-refractivity contribution in [1.29, 1.82) is 0 Å². The van der Waals surface area contributed by atoms with Gasteiger partial charge >= 0.3 is 0 Å². The number of hydrogen-bond acceptors (Lipinski definition) is 7. The van der Waals surface area contributed by atoms with Crippen molar-refractivity contribution < 1.29 is 19.8 Å². The number of piperidine rings is 1. The van der Waals surface area contributed by atoms with Gasteiger partial charge in [0.05, 0.1) is 26.5 Å². The number of nitrogens with zero attached hydrogens (tertiary/aromatic N) is 3. The summed E-state index contributed by atoms with van der Waals surface area (Å²) >= 11 is 0. The molecule has 2 aliphatic rings. The normalized spacial score (nSPS) is 18.8. The smallest absolute Gasteiger partial charge is 0.161 e. The molecule has 1 saturated heterocycles. The summed E-state index contributed by atoms with van der Waals surface area (Å²) in [4.78, 5) is 5.07. The van der Waals surface area contributed by atoms with Crippen LogP contribution < -0.4 is 9.47 Å². The van der Waals surface area contributed by atoms with Gasteiger partial charge in [-0.2, -0.15) is 0 Å². The largest absolute Gasteiger partial charge is 0.507 e. The molecule has 2 heterocycles. The van der Waals surface area contributed by atoms with Gasteiger partial charge in [0.2, 0.25) is 0 Å². The third-order valence-electron chi connectivity index (χ3n) is 8.24. The topological polar surface area (TPSA) is 77.8 Å². The second kappa shape index (κ2) is 12.1. The molecule has 1 unspecified atom stereocenters. The van der Waals surface area contributed by atoms with E-state index < -0.39 is 0 Å². The van der Waals surface area contributed by atoms with Gasteiger partial charge in [0.15, 0.2) is 11.5 Å². The Kier molecular flexibility index (Phi) is 8.38. The molecule has 1 fully saturated rings. The van der Waals surface area contributed by atoms with Gasteiger partial charge in [-0.1, -0.05) is 41.6 Å².